The number of allylic oxidation sites excluding steroid dienone is 1. The first-order valence-electron chi connectivity index (χ1n) is 6.25. The molecule has 0 aliphatic heterocycles. The summed E-state index contributed by atoms with van der Waals surface area (Å²) in [7, 11) is 0. The third kappa shape index (κ3) is 2.15. The number of hydrogen-bond donors (Lipinski definition) is 0. The fraction of sp³-hybridized carbons (Fsp3) is 0.176. The minimum Gasteiger partial charge on any atom is -0.0718 e. The van der Waals surface area contributed by atoms with Gasteiger partial charge in [-0.25, -0.2) is 0 Å². The van der Waals surface area contributed by atoms with Crippen molar-refractivity contribution in [3.05, 3.63) is 75.3 Å². The van der Waals surface area contributed by atoms with Crippen LogP contribution < -0.4 is 0 Å². The Labute approximate surface area is 116 Å². The highest BCUT2D eigenvalue weighted by molar-refractivity contribution is 9.10. The molecule has 2 aromatic rings. The van der Waals surface area contributed by atoms with Crippen molar-refractivity contribution in [3.8, 4) is 0 Å². The second-order valence-corrected chi connectivity index (χ2v) is 5.85. The maximum Gasteiger partial charge on any atom is 0.0178 e. The van der Waals surface area contributed by atoms with Gasteiger partial charge in [-0.3, -0.25) is 0 Å². The van der Waals surface area contributed by atoms with E-state index < -0.39 is 0 Å². The number of benzene rings is 2. The molecule has 0 bridgehead atoms. The number of halogens is 1. The molecule has 3 rings (SSSR count). The lowest BCUT2D eigenvalue weighted by molar-refractivity contribution is 0.785. The van der Waals surface area contributed by atoms with Gasteiger partial charge in [0.15, 0.2) is 0 Å². The highest BCUT2D eigenvalue weighted by atomic mass is 79.9. The van der Waals surface area contributed by atoms with E-state index in [4.69, 9.17) is 0 Å². The van der Waals surface area contributed by atoms with E-state index in [2.05, 4.69) is 77.5 Å². The van der Waals surface area contributed by atoms with Crippen molar-refractivity contribution >= 4 is 22.0 Å². The standard InChI is InChI=1S/C17H15Br/c1-12-9-13-5-2-3-8-16(13)17(10-12)14-6-4-7-15(18)11-14/h2-9,11,17H,10H2,1H3. The average molecular weight is 299 g/mol. The fourth-order valence-corrected chi connectivity index (χ4v) is 3.15. The van der Waals surface area contributed by atoms with Crippen LogP contribution in [0.1, 0.15) is 36.0 Å². The molecule has 0 saturated heterocycles. The van der Waals surface area contributed by atoms with Crippen molar-refractivity contribution in [1.29, 1.82) is 0 Å². The number of fused-ring (bicyclic) bond motifs is 1. The summed E-state index contributed by atoms with van der Waals surface area (Å²) in [6.45, 7) is 2.22. The normalized spacial score (nSPS) is 18.1. The summed E-state index contributed by atoms with van der Waals surface area (Å²) in [5, 5.41) is 0. The lowest BCUT2D eigenvalue weighted by Crippen LogP contribution is -2.07. The second-order valence-electron chi connectivity index (χ2n) is 4.93. The van der Waals surface area contributed by atoms with Crippen LogP contribution in [-0.2, 0) is 0 Å². The maximum absolute atomic E-state index is 3.57. The minimum atomic E-state index is 0.490. The van der Waals surface area contributed by atoms with Crippen molar-refractivity contribution in [2.45, 2.75) is 19.3 Å². The zero-order valence-corrected chi connectivity index (χ0v) is 11.9. The predicted octanol–water partition coefficient (Wildman–Crippen LogP) is 5.39. The van der Waals surface area contributed by atoms with Crippen molar-refractivity contribution in [2.24, 2.45) is 0 Å². The zero-order valence-electron chi connectivity index (χ0n) is 10.4. The monoisotopic (exact) mass is 298 g/mol. The van der Waals surface area contributed by atoms with Gasteiger partial charge in [-0.15, -0.1) is 0 Å². The van der Waals surface area contributed by atoms with Gasteiger partial charge in [-0.05, 0) is 42.2 Å². The van der Waals surface area contributed by atoms with Gasteiger partial charge < -0.3 is 0 Å². The molecule has 1 atom stereocenters. The van der Waals surface area contributed by atoms with Crippen LogP contribution in [0.5, 0.6) is 0 Å². The second kappa shape index (κ2) is 4.74. The van der Waals surface area contributed by atoms with Crippen molar-refractivity contribution in [2.75, 3.05) is 0 Å². The molecule has 90 valence electrons. The third-order valence-corrected chi connectivity index (χ3v) is 4.04. The third-order valence-electron chi connectivity index (χ3n) is 3.55. The highest BCUT2D eigenvalue weighted by Crippen LogP contribution is 2.38. The largest absolute Gasteiger partial charge is 0.0718 e. The van der Waals surface area contributed by atoms with Crippen LogP contribution in [0.4, 0.5) is 0 Å². The SMILES string of the molecule is CC1=Cc2ccccc2C(c2cccc(Br)c2)C1. The Balaban J connectivity index is 2.11. The Morgan fingerprint density at radius 2 is 1.89 bits per heavy atom. The van der Waals surface area contributed by atoms with Crippen LogP contribution >= 0.6 is 15.9 Å². The zero-order chi connectivity index (χ0) is 12.5. The summed E-state index contributed by atoms with van der Waals surface area (Å²) >= 11 is 3.57. The van der Waals surface area contributed by atoms with Crippen molar-refractivity contribution < 1.29 is 0 Å². The van der Waals surface area contributed by atoms with E-state index >= 15 is 0 Å². The van der Waals surface area contributed by atoms with E-state index in [1.807, 2.05) is 0 Å². The lowest BCUT2D eigenvalue weighted by atomic mass is 9.79. The van der Waals surface area contributed by atoms with Crippen LogP contribution in [0.15, 0.2) is 58.6 Å². The van der Waals surface area contributed by atoms with Crippen molar-refractivity contribution in [3.63, 3.8) is 0 Å². The summed E-state index contributed by atoms with van der Waals surface area (Å²) in [6, 6.07) is 17.4. The van der Waals surface area contributed by atoms with Crippen LogP contribution in [0.25, 0.3) is 6.08 Å². The highest BCUT2D eigenvalue weighted by Gasteiger charge is 2.20. The van der Waals surface area contributed by atoms with Crippen LogP contribution in [0.3, 0.4) is 0 Å². The molecule has 1 aliphatic carbocycles. The molecular weight excluding hydrogens is 284 g/mol. The van der Waals surface area contributed by atoms with Gasteiger partial charge in [0.05, 0.1) is 0 Å². The summed E-state index contributed by atoms with van der Waals surface area (Å²) in [5.41, 5.74) is 5.66. The number of rotatable bonds is 1. The summed E-state index contributed by atoms with van der Waals surface area (Å²) < 4.78 is 1.16. The van der Waals surface area contributed by atoms with Crippen molar-refractivity contribution in [1.82, 2.24) is 0 Å². The Hall–Kier alpha value is -1.34. The molecule has 2 aromatic carbocycles. The van der Waals surface area contributed by atoms with Crippen LogP contribution in [0.2, 0.25) is 0 Å². The Bertz CT molecular complexity index is 611. The molecule has 1 heteroatoms. The van der Waals surface area contributed by atoms with E-state index in [9.17, 15) is 0 Å². The smallest absolute Gasteiger partial charge is 0.0178 e. The van der Waals surface area contributed by atoms with Crippen LogP contribution in [0, 0.1) is 0 Å². The number of hydrogen-bond acceptors (Lipinski definition) is 0. The van der Waals surface area contributed by atoms with Gasteiger partial charge in [-0.1, -0.05) is 64.0 Å². The van der Waals surface area contributed by atoms with Gasteiger partial charge in [-0.2, -0.15) is 0 Å². The average Bonchev–Trinajstić information content (AvgIpc) is 2.37. The molecule has 0 N–H and O–H groups in total. The molecule has 0 fully saturated rings. The fourth-order valence-electron chi connectivity index (χ4n) is 2.74. The maximum atomic E-state index is 3.57. The topological polar surface area (TPSA) is 0 Å². The molecule has 0 radical (unpaired) electrons. The van der Waals surface area contributed by atoms with Gasteiger partial charge in [0.2, 0.25) is 0 Å². The van der Waals surface area contributed by atoms with E-state index in [1.165, 1.54) is 22.3 Å². The Morgan fingerprint density at radius 3 is 2.72 bits per heavy atom. The van der Waals surface area contributed by atoms with E-state index in [1.54, 1.807) is 0 Å². The predicted molar refractivity (Wildman–Crippen MR) is 80.7 cm³/mol. The van der Waals surface area contributed by atoms with E-state index in [0.29, 0.717) is 5.92 Å². The molecule has 0 aromatic heterocycles. The molecule has 0 heterocycles. The Kier molecular flexibility index (Phi) is 3.09. The summed E-state index contributed by atoms with van der Waals surface area (Å²) in [5.74, 6) is 0.490. The first-order valence-corrected chi connectivity index (χ1v) is 7.05. The van der Waals surface area contributed by atoms with E-state index in [0.717, 1.165) is 10.9 Å². The first kappa shape index (κ1) is 11.7. The molecule has 1 unspecified atom stereocenters. The van der Waals surface area contributed by atoms with Gasteiger partial charge >= 0.3 is 0 Å². The van der Waals surface area contributed by atoms with E-state index in [-0.39, 0.29) is 0 Å². The molecule has 0 saturated carbocycles. The van der Waals surface area contributed by atoms with Gasteiger partial charge in [0, 0.05) is 10.4 Å². The van der Waals surface area contributed by atoms with Gasteiger partial charge in [0.25, 0.3) is 0 Å². The Morgan fingerprint density at radius 1 is 1.06 bits per heavy atom. The summed E-state index contributed by atoms with van der Waals surface area (Å²) in [6.07, 6.45) is 3.43. The lowest BCUT2D eigenvalue weighted by Gasteiger charge is -2.25. The molecule has 0 nitrogen and oxygen atoms in total. The van der Waals surface area contributed by atoms with Gasteiger partial charge in [0.1, 0.15) is 0 Å². The summed E-state index contributed by atoms with van der Waals surface area (Å²) in [4.78, 5) is 0. The molecule has 0 spiro atoms. The molecular formula is C17H15Br. The quantitative estimate of drug-likeness (QED) is 0.662. The minimum absolute atomic E-state index is 0.490. The molecule has 18 heavy (non-hydrogen) atoms. The van der Waals surface area contributed by atoms with Crippen LogP contribution in [-0.4, -0.2) is 0 Å². The molecule has 1 aliphatic rings. The molecule has 0 amide bonds. The first-order chi connectivity index (χ1) is 8.74.